The van der Waals surface area contributed by atoms with Crippen molar-refractivity contribution in [3.05, 3.63) is 95.6 Å². The molecule has 4 nitrogen and oxygen atoms in total. The van der Waals surface area contributed by atoms with Crippen molar-refractivity contribution in [2.24, 2.45) is 5.10 Å². The van der Waals surface area contributed by atoms with Gasteiger partial charge in [-0.15, -0.1) is 0 Å². The van der Waals surface area contributed by atoms with Gasteiger partial charge in [0.2, 0.25) is 6.23 Å². The van der Waals surface area contributed by atoms with Gasteiger partial charge in [0.25, 0.3) is 0 Å². The number of para-hydroxylation sites is 2. The van der Waals surface area contributed by atoms with E-state index in [-0.39, 0.29) is 12.3 Å². The highest BCUT2D eigenvalue weighted by Gasteiger charge is 2.41. The number of benzene rings is 3. The molecule has 0 amide bonds. The summed E-state index contributed by atoms with van der Waals surface area (Å²) in [5.41, 5.74) is 4.40. The molecule has 0 saturated heterocycles. The predicted molar refractivity (Wildman–Crippen MR) is 105 cm³/mol. The van der Waals surface area contributed by atoms with E-state index < -0.39 is 0 Å². The lowest BCUT2D eigenvalue weighted by Crippen LogP contribution is -2.33. The summed E-state index contributed by atoms with van der Waals surface area (Å²) in [6.07, 6.45) is 0.540. The molecular weight excluding hydrogens is 336 g/mol. The minimum Gasteiger partial charge on any atom is -0.496 e. The second kappa shape index (κ2) is 6.47. The number of ether oxygens (including phenoxy) is 2. The molecule has 4 heteroatoms. The predicted octanol–water partition coefficient (Wildman–Crippen LogP) is 4.94. The van der Waals surface area contributed by atoms with Crippen LogP contribution in [0.4, 0.5) is 0 Å². The van der Waals surface area contributed by atoms with E-state index in [9.17, 15) is 0 Å². The first-order chi connectivity index (χ1) is 13.3. The summed E-state index contributed by atoms with van der Waals surface area (Å²) in [6, 6.07) is 26.8. The minimum absolute atomic E-state index is 0.153. The van der Waals surface area contributed by atoms with Crippen molar-refractivity contribution >= 4 is 5.71 Å². The largest absolute Gasteiger partial charge is 0.496 e. The molecule has 0 fully saturated rings. The van der Waals surface area contributed by atoms with Crippen molar-refractivity contribution in [2.75, 3.05) is 7.11 Å². The Labute approximate surface area is 158 Å². The highest BCUT2D eigenvalue weighted by molar-refractivity contribution is 6.01. The number of hydrazone groups is 1. The Morgan fingerprint density at radius 3 is 2.41 bits per heavy atom. The van der Waals surface area contributed by atoms with Crippen LogP contribution in [0.5, 0.6) is 11.5 Å². The van der Waals surface area contributed by atoms with Crippen molar-refractivity contribution in [3.63, 3.8) is 0 Å². The number of hydrogen-bond acceptors (Lipinski definition) is 4. The van der Waals surface area contributed by atoms with E-state index in [0.29, 0.717) is 0 Å². The summed E-state index contributed by atoms with van der Waals surface area (Å²) in [5.74, 6) is 1.73. The van der Waals surface area contributed by atoms with E-state index in [1.54, 1.807) is 7.11 Å². The Morgan fingerprint density at radius 2 is 1.59 bits per heavy atom. The van der Waals surface area contributed by atoms with Gasteiger partial charge < -0.3 is 9.47 Å². The van der Waals surface area contributed by atoms with Crippen LogP contribution in [0.1, 0.15) is 35.4 Å². The van der Waals surface area contributed by atoms with Crippen molar-refractivity contribution in [1.82, 2.24) is 5.01 Å². The van der Waals surface area contributed by atoms with Crippen molar-refractivity contribution in [3.8, 4) is 11.5 Å². The molecule has 0 radical (unpaired) electrons. The molecule has 0 unspecified atom stereocenters. The molecule has 0 saturated carbocycles. The zero-order valence-electron chi connectivity index (χ0n) is 15.1. The van der Waals surface area contributed by atoms with Gasteiger partial charge in [0.05, 0.1) is 24.4 Å². The number of rotatable bonds is 3. The first-order valence-corrected chi connectivity index (χ1v) is 9.15. The minimum atomic E-state index is -0.317. The van der Waals surface area contributed by atoms with E-state index >= 15 is 0 Å². The van der Waals surface area contributed by atoms with Crippen LogP contribution in [0.2, 0.25) is 0 Å². The van der Waals surface area contributed by atoms with E-state index in [2.05, 4.69) is 41.4 Å². The van der Waals surface area contributed by atoms with Gasteiger partial charge in [-0.25, -0.2) is 5.01 Å². The molecule has 134 valence electrons. The van der Waals surface area contributed by atoms with E-state index in [1.807, 2.05) is 42.5 Å². The maximum atomic E-state index is 6.40. The molecular formula is C23H20N2O2. The Bertz CT molecular complexity index is 1000. The standard InChI is InChI=1S/C23H20N2O2/c1-26-21-13-7-6-12-18(21)23-25-20(17-11-5-8-14-22(17)27-23)15-19(24-25)16-9-3-2-4-10-16/h2-14,20,23H,15H2,1H3/t20-,23-/m0/s1. The molecule has 5 rings (SSSR count). The summed E-state index contributed by atoms with van der Waals surface area (Å²) < 4.78 is 12.0. The maximum absolute atomic E-state index is 6.40. The molecule has 2 aliphatic rings. The quantitative estimate of drug-likeness (QED) is 0.667. The normalized spacial score (nSPS) is 20.3. The zero-order valence-corrected chi connectivity index (χ0v) is 15.1. The fourth-order valence-electron chi connectivity index (χ4n) is 3.91. The maximum Gasteiger partial charge on any atom is 0.217 e. The second-order valence-corrected chi connectivity index (χ2v) is 6.76. The lowest BCUT2D eigenvalue weighted by molar-refractivity contribution is -0.0203. The monoisotopic (exact) mass is 356 g/mol. The average Bonchev–Trinajstić information content (AvgIpc) is 3.19. The summed E-state index contributed by atoms with van der Waals surface area (Å²) >= 11 is 0. The number of methoxy groups -OCH3 is 1. The number of fused-ring (bicyclic) bond motifs is 3. The fraction of sp³-hybridized carbons (Fsp3) is 0.174. The van der Waals surface area contributed by atoms with Gasteiger partial charge in [-0.05, 0) is 23.8 Å². The topological polar surface area (TPSA) is 34.1 Å². The molecule has 0 aliphatic carbocycles. The third-order valence-electron chi connectivity index (χ3n) is 5.21. The van der Waals surface area contributed by atoms with E-state index in [1.165, 1.54) is 5.56 Å². The Kier molecular flexibility index (Phi) is 3.82. The number of nitrogens with zero attached hydrogens (tertiary/aromatic N) is 2. The van der Waals surface area contributed by atoms with Crippen LogP contribution in [0.3, 0.4) is 0 Å². The summed E-state index contributed by atoms with van der Waals surface area (Å²) in [6.45, 7) is 0. The first kappa shape index (κ1) is 15.9. The molecule has 3 aromatic rings. The average molecular weight is 356 g/mol. The third kappa shape index (κ3) is 2.65. The summed E-state index contributed by atoms with van der Waals surface area (Å²) in [4.78, 5) is 0. The van der Waals surface area contributed by atoms with Gasteiger partial charge in [-0.2, -0.15) is 5.10 Å². The highest BCUT2D eigenvalue weighted by atomic mass is 16.5. The van der Waals surface area contributed by atoms with Crippen molar-refractivity contribution in [2.45, 2.75) is 18.7 Å². The summed E-state index contributed by atoms with van der Waals surface area (Å²) in [5, 5.41) is 7.07. The summed E-state index contributed by atoms with van der Waals surface area (Å²) in [7, 11) is 1.69. The van der Waals surface area contributed by atoms with E-state index in [4.69, 9.17) is 14.6 Å². The first-order valence-electron chi connectivity index (χ1n) is 9.15. The van der Waals surface area contributed by atoms with Crippen molar-refractivity contribution < 1.29 is 9.47 Å². The Balaban J connectivity index is 1.63. The molecule has 0 aromatic heterocycles. The van der Waals surface area contributed by atoms with Gasteiger partial charge in [0, 0.05) is 12.0 Å². The lowest BCUT2D eigenvalue weighted by atomic mass is 9.96. The van der Waals surface area contributed by atoms with Crippen LogP contribution < -0.4 is 9.47 Å². The number of hydrogen-bond donors (Lipinski definition) is 0. The van der Waals surface area contributed by atoms with Gasteiger partial charge in [0.1, 0.15) is 11.5 Å². The smallest absolute Gasteiger partial charge is 0.217 e. The molecule has 0 N–H and O–H groups in total. The van der Waals surface area contributed by atoms with Gasteiger partial charge in [-0.1, -0.05) is 60.7 Å². The molecule has 3 aromatic carbocycles. The zero-order chi connectivity index (χ0) is 18.2. The highest BCUT2D eigenvalue weighted by Crippen LogP contribution is 2.48. The molecule has 27 heavy (non-hydrogen) atoms. The molecule has 0 bridgehead atoms. The van der Waals surface area contributed by atoms with Crippen LogP contribution in [0, 0.1) is 0 Å². The van der Waals surface area contributed by atoms with Gasteiger partial charge >= 0.3 is 0 Å². The Morgan fingerprint density at radius 1 is 0.889 bits per heavy atom. The molecule has 0 spiro atoms. The van der Waals surface area contributed by atoms with Crippen LogP contribution in [-0.4, -0.2) is 17.8 Å². The van der Waals surface area contributed by atoms with Gasteiger partial charge in [-0.3, -0.25) is 0 Å². The molecule has 2 heterocycles. The van der Waals surface area contributed by atoms with Crippen molar-refractivity contribution in [1.29, 1.82) is 0 Å². The third-order valence-corrected chi connectivity index (χ3v) is 5.21. The van der Waals surface area contributed by atoms with Crippen LogP contribution in [0.15, 0.2) is 84.0 Å². The fourth-order valence-corrected chi connectivity index (χ4v) is 3.91. The molecule has 2 atom stereocenters. The van der Waals surface area contributed by atoms with E-state index in [0.717, 1.165) is 34.8 Å². The van der Waals surface area contributed by atoms with Crippen LogP contribution in [-0.2, 0) is 0 Å². The lowest BCUT2D eigenvalue weighted by Gasteiger charge is -2.38. The van der Waals surface area contributed by atoms with Crippen LogP contribution in [0.25, 0.3) is 0 Å². The van der Waals surface area contributed by atoms with Crippen LogP contribution >= 0.6 is 0 Å². The SMILES string of the molecule is COc1ccccc1[C@@H]1Oc2ccccc2[C@@H]2CC(c3ccccc3)=NN21. The molecule has 2 aliphatic heterocycles. The van der Waals surface area contributed by atoms with Gasteiger partial charge in [0.15, 0.2) is 0 Å². The second-order valence-electron chi connectivity index (χ2n) is 6.76. The Hall–Kier alpha value is -3.27.